The first-order valence-corrected chi connectivity index (χ1v) is 10.4. The number of ether oxygens (including phenoxy) is 1. The van der Waals surface area contributed by atoms with Gasteiger partial charge in [0.05, 0.1) is 13.2 Å². The summed E-state index contributed by atoms with van der Waals surface area (Å²) in [5, 5.41) is 0. The number of aromatic nitrogens is 1. The van der Waals surface area contributed by atoms with Gasteiger partial charge in [-0.25, -0.2) is 0 Å². The molecule has 0 saturated carbocycles. The second kappa shape index (κ2) is 8.44. The predicted molar refractivity (Wildman–Crippen MR) is 97.7 cm³/mol. The summed E-state index contributed by atoms with van der Waals surface area (Å²) in [5.74, 6) is 0.584. The second-order valence-corrected chi connectivity index (χ2v) is 8.80. The molecule has 1 aromatic heterocycles. The van der Waals surface area contributed by atoms with Crippen molar-refractivity contribution in [1.82, 2.24) is 13.6 Å². The third-order valence-corrected chi connectivity index (χ3v) is 7.17. The molecule has 2 aliphatic heterocycles. The van der Waals surface area contributed by atoms with E-state index < -0.39 is 10.2 Å². The number of anilines is 1. The molecule has 1 aromatic rings. The molecule has 2 aliphatic rings. The van der Waals surface area contributed by atoms with E-state index in [0.29, 0.717) is 38.8 Å². The number of nitrogens with zero attached hydrogens (tertiary/aromatic N) is 4. The van der Waals surface area contributed by atoms with Crippen LogP contribution in [0.3, 0.4) is 0 Å². The van der Waals surface area contributed by atoms with Gasteiger partial charge in [-0.2, -0.15) is 17.0 Å². The standard InChI is InChI=1S/C17H28N4O3S/c1-19(25(22,23)21-12-14-24-15-13-21)9-4-16-5-10-20(11-6-16)17-2-7-18-8-3-17/h2-3,7-8,16H,4-6,9-15H2,1H3. The monoisotopic (exact) mass is 368 g/mol. The van der Waals surface area contributed by atoms with E-state index in [1.165, 1.54) is 14.3 Å². The molecule has 140 valence electrons. The third-order valence-electron chi connectivity index (χ3n) is 5.18. The first-order valence-electron chi connectivity index (χ1n) is 9.01. The molecule has 2 fully saturated rings. The smallest absolute Gasteiger partial charge is 0.281 e. The molecule has 0 unspecified atom stereocenters. The molecule has 0 amide bonds. The summed E-state index contributed by atoms with van der Waals surface area (Å²) < 4.78 is 33.4. The Bertz CT molecular complexity index is 627. The number of morpholine rings is 1. The van der Waals surface area contributed by atoms with Crippen LogP contribution in [-0.2, 0) is 14.9 Å². The van der Waals surface area contributed by atoms with E-state index in [9.17, 15) is 8.42 Å². The molecule has 0 aliphatic carbocycles. The first kappa shape index (κ1) is 18.6. The van der Waals surface area contributed by atoms with E-state index in [1.807, 2.05) is 24.5 Å². The van der Waals surface area contributed by atoms with Crippen LogP contribution in [-0.4, -0.2) is 75.0 Å². The van der Waals surface area contributed by atoms with Gasteiger partial charge in [-0.05, 0) is 37.3 Å². The number of piperidine rings is 1. The van der Waals surface area contributed by atoms with Crippen LogP contribution in [0.15, 0.2) is 24.5 Å². The number of hydrogen-bond donors (Lipinski definition) is 0. The zero-order valence-corrected chi connectivity index (χ0v) is 15.7. The summed E-state index contributed by atoms with van der Waals surface area (Å²) in [6.45, 7) is 4.51. The van der Waals surface area contributed by atoms with Crippen molar-refractivity contribution in [1.29, 1.82) is 0 Å². The normalized spacial score (nSPS) is 21.0. The van der Waals surface area contributed by atoms with Crippen molar-refractivity contribution in [2.45, 2.75) is 19.3 Å². The van der Waals surface area contributed by atoms with Gasteiger partial charge in [0.1, 0.15) is 0 Å². The molecule has 8 heteroatoms. The highest BCUT2D eigenvalue weighted by molar-refractivity contribution is 7.86. The quantitative estimate of drug-likeness (QED) is 0.755. The Kier molecular flexibility index (Phi) is 6.27. The van der Waals surface area contributed by atoms with Gasteiger partial charge in [-0.1, -0.05) is 0 Å². The van der Waals surface area contributed by atoms with Gasteiger partial charge in [0, 0.05) is 57.9 Å². The second-order valence-electron chi connectivity index (χ2n) is 6.77. The van der Waals surface area contributed by atoms with E-state index in [1.54, 1.807) is 7.05 Å². The summed E-state index contributed by atoms with van der Waals surface area (Å²) in [6, 6.07) is 4.09. The fraction of sp³-hybridized carbons (Fsp3) is 0.706. The lowest BCUT2D eigenvalue weighted by Gasteiger charge is -2.35. The van der Waals surface area contributed by atoms with E-state index in [4.69, 9.17) is 4.74 Å². The summed E-state index contributed by atoms with van der Waals surface area (Å²) in [6.07, 6.45) is 6.78. The van der Waals surface area contributed by atoms with Gasteiger partial charge in [-0.15, -0.1) is 0 Å². The number of pyridine rings is 1. The SMILES string of the molecule is CN(CCC1CCN(c2ccncc2)CC1)S(=O)(=O)N1CCOCC1. The van der Waals surface area contributed by atoms with Gasteiger partial charge in [0.15, 0.2) is 0 Å². The van der Waals surface area contributed by atoms with Crippen molar-refractivity contribution < 1.29 is 13.2 Å². The Morgan fingerprint density at radius 1 is 1.16 bits per heavy atom. The largest absolute Gasteiger partial charge is 0.379 e. The third kappa shape index (κ3) is 4.69. The zero-order valence-electron chi connectivity index (χ0n) is 14.9. The maximum atomic E-state index is 12.6. The molecular weight excluding hydrogens is 340 g/mol. The lowest BCUT2D eigenvalue weighted by Crippen LogP contribution is -2.47. The average molecular weight is 369 g/mol. The van der Waals surface area contributed by atoms with Gasteiger partial charge >= 0.3 is 0 Å². The molecule has 0 N–H and O–H groups in total. The molecular formula is C17H28N4O3S. The molecule has 0 bridgehead atoms. The highest BCUT2D eigenvalue weighted by Gasteiger charge is 2.29. The topological polar surface area (TPSA) is 66.0 Å². The highest BCUT2D eigenvalue weighted by Crippen LogP contribution is 2.25. The Hall–Kier alpha value is -1.22. The summed E-state index contributed by atoms with van der Waals surface area (Å²) in [5.41, 5.74) is 1.22. The Labute approximate surface area is 150 Å². The fourth-order valence-corrected chi connectivity index (χ4v) is 4.83. The molecule has 0 radical (unpaired) electrons. The Morgan fingerprint density at radius 3 is 2.44 bits per heavy atom. The number of hydrogen-bond acceptors (Lipinski definition) is 5. The molecule has 7 nitrogen and oxygen atoms in total. The fourth-order valence-electron chi connectivity index (χ4n) is 3.49. The Morgan fingerprint density at radius 2 is 1.80 bits per heavy atom. The maximum Gasteiger partial charge on any atom is 0.281 e. The van der Waals surface area contributed by atoms with Crippen LogP contribution in [0.4, 0.5) is 5.69 Å². The molecule has 2 saturated heterocycles. The summed E-state index contributed by atoms with van der Waals surface area (Å²) >= 11 is 0. The summed E-state index contributed by atoms with van der Waals surface area (Å²) in [7, 11) is -1.66. The molecule has 3 heterocycles. The maximum absolute atomic E-state index is 12.6. The number of rotatable bonds is 6. The molecule has 25 heavy (non-hydrogen) atoms. The molecule has 0 spiro atoms. The van der Waals surface area contributed by atoms with Crippen LogP contribution in [0.5, 0.6) is 0 Å². The zero-order chi connectivity index (χ0) is 17.7. The minimum atomic E-state index is -3.35. The van der Waals surface area contributed by atoms with Crippen molar-refractivity contribution in [2.24, 2.45) is 5.92 Å². The van der Waals surface area contributed by atoms with E-state index >= 15 is 0 Å². The van der Waals surface area contributed by atoms with Crippen molar-refractivity contribution in [3.05, 3.63) is 24.5 Å². The van der Waals surface area contributed by atoms with Crippen molar-refractivity contribution >= 4 is 15.9 Å². The molecule has 3 rings (SSSR count). The van der Waals surface area contributed by atoms with Crippen LogP contribution in [0, 0.1) is 5.92 Å². The summed E-state index contributed by atoms with van der Waals surface area (Å²) in [4.78, 5) is 6.45. The van der Waals surface area contributed by atoms with Crippen LogP contribution >= 0.6 is 0 Å². The van der Waals surface area contributed by atoms with Gasteiger partial charge in [0.2, 0.25) is 0 Å². The lowest BCUT2D eigenvalue weighted by molar-refractivity contribution is 0.0705. The van der Waals surface area contributed by atoms with Gasteiger partial charge in [0.25, 0.3) is 10.2 Å². The molecule has 0 atom stereocenters. The minimum absolute atomic E-state index is 0.455. The van der Waals surface area contributed by atoms with E-state index in [2.05, 4.69) is 9.88 Å². The Balaban J connectivity index is 1.45. The van der Waals surface area contributed by atoms with Crippen molar-refractivity contribution in [3.63, 3.8) is 0 Å². The van der Waals surface area contributed by atoms with Crippen molar-refractivity contribution in [3.8, 4) is 0 Å². The average Bonchev–Trinajstić information content (AvgIpc) is 2.68. The molecule has 0 aromatic carbocycles. The van der Waals surface area contributed by atoms with E-state index in [-0.39, 0.29) is 0 Å². The van der Waals surface area contributed by atoms with Crippen LogP contribution in [0.2, 0.25) is 0 Å². The van der Waals surface area contributed by atoms with Crippen LogP contribution in [0.1, 0.15) is 19.3 Å². The predicted octanol–water partition coefficient (Wildman–Crippen LogP) is 1.20. The van der Waals surface area contributed by atoms with Crippen LogP contribution in [0.25, 0.3) is 0 Å². The highest BCUT2D eigenvalue weighted by atomic mass is 32.2. The van der Waals surface area contributed by atoms with Crippen molar-refractivity contribution in [2.75, 3.05) is 57.9 Å². The van der Waals surface area contributed by atoms with Gasteiger partial charge < -0.3 is 9.64 Å². The lowest BCUT2D eigenvalue weighted by atomic mass is 9.93. The van der Waals surface area contributed by atoms with Crippen LogP contribution < -0.4 is 4.90 Å². The van der Waals surface area contributed by atoms with E-state index in [0.717, 1.165) is 32.4 Å². The van der Waals surface area contributed by atoms with Gasteiger partial charge in [-0.3, -0.25) is 4.98 Å². The first-order chi connectivity index (χ1) is 12.1. The minimum Gasteiger partial charge on any atom is -0.379 e.